The maximum atomic E-state index is 11.0. The highest BCUT2D eigenvalue weighted by atomic mass is 16.4. The number of anilines is 1. The zero-order valence-electron chi connectivity index (χ0n) is 10.6. The van der Waals surface area contributed by atoms with E-state index in [1.54, 1.807) is 13.0 Å². The normalized spacial score (nSPS) is 12.3. The van der Waals surface area contributed by atoms with Crippen molar-refractivity contribution in [3.05, 3.63) is 36.0 Å². The molecule has 0 aliphatic rings. The molecule has 0 fully saturated rings. The lowest BCUT2D eigenvalue weighted by Crippen LogP contribution is -2.11. The number of aromatic nitrogens is 1. The van der Waals surface area contributed by atoms with Crippen molar-refractivity contribution in [2.45, 2.75) is 19.4 Å². The number of pyridine rings is 1. The number of hydrogen-bond acceptors (Lipinski definition) is 4. The second-order valence-corrected chi connectivity index (χ2v) is 4.44. The maximum absolute atomic E-state index is 11.0. The molecule has 0 bridgehead atoms. The van der Waals surface area contributed by atoms with Crippen LogP contribution in [0.5, 0.6) is 0 Å². The summed E-state index contributed by atoms with van der Waals surface area (Å²) < 4.78 is 0. The first-order chi connectivity index (χ1) is 9.08. The Hall–Kier alpha value is -2.14. The van der Waals surface area contributed by atoms with Gasteiger partial charge in [-0.25, -0.2) is 9.78 Å². The number of aliphatic hydroxyl groups excluding tert-OH is 1. The Balaban J connectivity index is 2.36. The van der Waals surface area contributed by atoms with Crippen LogP contribution in [0.15, 0.2) is 30.3 Å². The minimum absolute atomic E-state index is 0.0123. The number of fused-ring (bicyclic) bond motifs is 1. The predicted octanol–water partition coefficient (Wildman–Crippen LogP) is 2.12. The summed E-state index contributed by atoms with van der Waals surface area (Å²) in [5, 5.41) is 22.3. The van der Waals surface area contributed by atoms with E-state index in [2.05, 4.69) is 10.3 Å². The van der Waals surface area contributed by atoms with Crippen LogP contribution in [0.4, 0.5) is 5.69 Å². The van der Waals surface area contributed by atoms with E-state index in [4.69, 9.17) is 5.11 Å². The Bertz CT molecular complexity index is 596. The fourth-order valence-corrected chi connectivity index (χ4v) is 1.85. The maximum Gasteiger partial charge on any atom is 0.354 e. The van der Waals surface area contributed by atoms with Crippen LogP contribution in [-0.4, -0.2) is 33.8 Å². The smallest absolute Gasteiger partial charge is 0.354 e. The lowest BCUT2D eigenvalue weighted by Gasteiger charge is -2.11. The van der Waals surface area contributed by atoms with Crippen molar-refractivity contribution in [2.24, 2.45) is 0 Å². The Kier molecular flexibility index (Phi) is 3.97. The lowest BCUT2D eigenvalue weighted by molar-refractivity contribution is 0.0691. The summed E-state index contributed by atoms with van der Waals surface area (Å²) in [5.41, 5.74) is 1.38. The van der Waals surface area contributed by atoms with Crippen LogP contribution in [0.2, 0.25) is 0 Å². The molecule has 1 unspecified atom stereocenters. The SMILES string of the molecule is CC(O)CCNc1cc(C(=O)O)nc2ccccc12. The third-order valence-corrected chi connectivity index (χ3v) is 2.81. The molecular formula is C14H16N2O3. The molecule has 19 heavy (non-hydrogen) atoms. The van der Waals surface area contributed by atoms with Gasteiger partial charge < -0.3 is 15.5 Å². The van der Waals surface area contributed by atoms with Crippen molar-refractivity contribution < 1.29 is 15.0 Å². The van der Waals surface area contributed by atoms with Crippen molar-refractivity contribution in [2.75, 3.05) is 11.9 Å². The number of hydrogen-bond donors (Lipinski definition) is 3. The average molecular weight is 260 g/mol. The fourth-order valence-electron chi connectivity index (χ4n) is 1.85. The Labute approximate surface area is 110 Å². The van der Waals surface area contributed by atoms with Gasteiger partial charge in [0, 0.05) is 17.6 Å². The molecule has 5 nitrogen and oxygen atoms in total. The van der Waals surface area contributed by atoms with E-state index in [0.29, 0.717) is 18.5 Å². The summed E-state index contributed by atoms with van der Waals surface area (Å²) in [4.78, 5) is 15.1. The number of carbonyl (C=O) groups is 1. The van der Waals surface area contributed by atoms with Crippen LogP contribution < -0.4 is 5.32 Å². The second kappa shape index (κ2) is 5.67. The van der Waals surface area contributed by atoms with E-state index in [9.17, 15) is 9.90 Å². The van der Waals surface area contributed by atoms with Crippen molar-refractivity contribution in [3.8, 4) is 0 Å². The van der Waals surface area contributed by atoms with E-state index in [1.165, 1.54) is 6.07 Å². The van der Waals surface area contributed by atoms with Gasteiger partial charge in [-0.1, -0.05) is 18.2 Å². The highest BCUT2D eigenvalue weighted by Gasteiger charge is 2.10. The summed E-state index contributed by atoms with van der Waals surface area (Å²) in [6.07, 6.45) is 0.207. The van der Waals surface area contributed by atoms with Gasteiger partial charge in [-0.05, 0) is 25.5 Å². The Morgan fingerprint density at radius 1 is 1.42 bits per heavy atom. The summed E-state index contributed by atoms with van der Waals surface area (Å²) in [6, 6.07) is 8.89. The number of carboxylic acids is 1. The first-order valence-electron chi connectivity index (χ1n) is 6.13. The fraction of sp³-hybridized carbons (Fsp3) is 0.286. The van der Waals surface area contributed by atoms with E-state index in [0.717, 1.165) is 11.1 Å². The van der Waals surface area contributed by atoms with E-state index >= 15 is 0 Å². The lowest BCUT2D eigenvalue weighted by atomic mass is 10.1. The first-order valence-corrected chi connectivity index (χ1v) is 6.13. The summed E-state index contributed by atoms with van der Waals surface area (Å²) in [7, 11) is 0. The summed E-state index contributed by atoms with van der Waals surface area (Å²) in [5.74, 6) is -1.05. The number of benzene rings is 1. The molecule has 0 saturated carbocycles. The number of aromatic carboxylic acids is 1. The van der Waals surface area contributed by atoms with E-state index < -0.39 is 5.97 Å². The summed E-state index contributed by atoms with van der Waals surface area (Å²) in [6.45, 7) is 2.29. The molecule has 3 N–H and O–H groups in total. The molecule has 1 atom stereocenters. The molecule has 2 rings (SSSR count). The van der Waals surface area contributed by atoms with Crippen molar-refractivity contribution in [1.29, 1.82) is 0 Å². The standard InChI is InChI=1S/C14H16N2O3/c1-9(17)6-7-15-12-8-13(14(18)19)16-11-5-3-2-4-10(11)12/h2-5,8-9,17H,6-7H2,1H3,(H,15,16)(H,18,19). The van der Waals surface area contributed by atoms with E-state index in [1.807, 2.05) is 18.2 Å². The molecule has 0 aliphatic heterocycles. The van der Waals surface area contributed by atoms with Crippen LogP contribution in [-0.2, 0) is 0 Å². The van der Waals surface area contributed by atoms with Crippen LogP contribution in [0, 0.1) is 0 Å². The molecule has 2 aromatic rings. The molecule has 0 saturated heterocycles. The van der Waals surface area contributed by atoms with Gasteiger partial charge in [0.05, 0.1) is 11.6 Å². The highest BCUT2D eigenvalue weighted by molar-refractivity contribution is 5.97. The van der Waals surface area contributed by atoms with Crippen LogP contribution >= 0.6 is 0 Å². The molecule has 0 radical (unpaired) electrons. The van der Waals surface area contributed by atoms with Gasteiger partial charge in [-0.15, -0.1) is 0 Å². The van der Waals surface area contributed by atoms with Crippen LogP contribution in [0.1, 0.15) is 23.8 Å². The van der Waals surface area contributed by atoms with Crippen LogP contribution in [0.3, 0.4) is 0 Å². The second-order valence-electron chi connectivity index (χ2n) is 4.44. The van der Waals surface area contributed by atoms with Crippen molar-refractivity contribution >= 4 is 22.6 Å². The molecular weight excluding hydrogens is 244 g/mol. The Morgan fingerprint density at radius 3 is 2.84 bits per heavy atom. The van der Waals surface area contributed by atoms with Gasteiger partial charge >= 0.3 is 5.97 Å². The number of aliphatic hydroxyl groups is 1. The zero-order chi connectivity index (χ0) is 13.8. The van der Waals surface area contributed by atoms with Gasteiger partial charge in [-0.2, -0.15) is 0 Å². The van der Waals surface area contributed by atoms with Gasteiger partial charge in [0.25, 0.3) is 0 Å². The van der Waals surface area contributed by atoms with Crippen LogP contribution in [0.25, 0.3) is 10.9 Å². The van der Waals surface area contributed by atoms with E-state index in [-0.39, 0.29) is 11.8 Å². The van der Waals surface area contributed by atoms with Gasteiger partial charge in [0.1, 0.15) is 0 Å². The summed E-state index contributed by atoms with van der Waals surface area (Å²) >= 11 is 0. The quantitative estimate of drug-likeness (QED) is 0.767. The van der Waals surface area contributed by atoms with Gasteiger partial charge in [-0.3, -0.25) is 0 Å². The zero-order valence-corrected chi connectivity index (χ0v) is 10.6. The van der Waals surface area contributed by atoms with Gasteiger partial charge in [0.2, 0.25) is 0 Å². The molecule has 0 amide bonds. The number of carboxylic acid groups (broad SMARTS) is 1. The number of nitrogens with one attached hydrogen (secondary N) is 1. The monoisotopic (exact) mass is 260 g/mol. The minimum Gasteiger partial charge on any atom is -0.477 e. The number of nitrogens with zero attached hydrogens (tertiary/aromatic N) is 1. The molecule has 0 spiro atoms. The molecule has 1 aromatic heterocycles. The topological polar surface area (TPSA) is 82.5 Å². The predicted molar refractivity (Wildman–Crippen MR) is 73.5 cm³/mol. The first kappa shape index (κ1) is 13.3. The number of rotatable bonds is 5. The Morgan fingerprint density at radius 2 is 2.16 bits per heavy atom. The third kappa shape index (κ3) is 3.20. The van der Waals surface area contributed by atoms with Crippen molar-refractivity contribution in [3.63, 3.8) is 0 Å². The van der Waals surface area contributed by atoms with Gasteiger partial charge in [0.15, 0.2) is 5.69 Å². The number of para-hydroxylation sites is 1. The molecule has 100 valence electrons. The van der Waals surface area contributed by atoms with Crippen molar-refractivity contribution in [1.82, 2.24) is 4.98 Å². The molecule has 1 aromatic carbocycles. The highest BCUT2D eigenvalue weighted by Crippen LogP contribution is 2.23. The molecule has 1 heterocycles. The third-order valence-electron chi connectivity index (χ3n) is 2.81. The minimum atomic E-state index is -1.05. The average Bonchev–Trinajstić information content (AvgIpc) is 2.38. The molecule has 0 aliphatic carbocycles. The molecule has 5 heteroatoms. The largest absolute Gasteiger partial charge is 0.477 e.